The van der Waals surface area contributed by atoms with Crippen LogP contribution in [0.25, 0.3) is 0 Å². The van der Waals surface area contributed by atoms with Gasteiger partial charge < -0.3 is 19.7 Å². The van der Waals surface area contributed by atoms with E-state index in [0.717, 1.165) is 0 Å². The van der Waals surface area contributed by atoms with Crippen LogP contribution < -0.4 is 0 Å². The molecule has 98 valence electrons. The summed E-state index contributed by atoms with van der Waals surface area (Å²) in [6, 6.07) is 0. The van der Waals surface area contributed by atoms with Crippen molar-refractivity contribution in [1.82, 2.24) is 0 Å². The van der Waals surface area contributed by atoms with Crippen LogP contribution in [-0.4, -0.2) is 36.4 Å². The summed E-state index contributed by atoms with van der Waals surface area (Å²) in [6.07, 6.45) is 0.285. The summed E-state index contributed by atoms with van der Waals surface area (Å²) < 4.78 is 9.19. The van der Waals surface area contributed by atoms with Crippen molar-refractivity contribution < 1.29 is 29.3 Å². The van der Waals surface area contributed by atoms with E-state index in [1.54, 1.807) is 0 Å². The zero-order valence-corrected chi connectivity index (χ0v) is 10.1. The summed E-state index contributed by atoms with van der Waals surface area (Å²) >= 11 is 0. The van der Waals surface area contributed by atoms with Crippen molar-refractivity contribution in [2.24, 2.45) is 11.8 Å². The largest absolute Gasteiger partial charge is 0.512 e. The molecule has 6 nitrogen and oxygen atoms in total. The molecule has 0 aliphatic heterocycles. The predicted octanol–water partition coefficient (Wildman–Crippen LogP) is 0.996. The van der Waals surface area contributed by atoms with Crippen molar-refractivity contribution >= 4 is 11.9 Å². The Morgan fingerprint density at radius 2 is 1.28 bits per heavy atom. The molecular weight excluding hydrogens is 240 g/mol. The van der Waals surface area contributed by atoms with E-state index in [4.69, 9.17) is 0 Å². The molecule has 0 fully saturated rings. The molecule has 6 heteroatoms. The van der Waals surface area contributed by atoms with Gasteiger partial charge in [0, 0.05) is 24.7 Å². The molecule has 0 aromatic heterocycles. The van der Waals surface area contributed by atoms with E-state index in [0.29, 0.717) is 0 Å². The molecule has 0 heterocycles. The second kappa shape index (κ2) is 4.36. The fourth-order valence-corrected chi connectivity index (χ4v) is 2.71. The fraction of sp³-hybridized carbons (Fsp3) is 0.500. The molecule has 0 bridgehead atoms. The Morgan fingerprint density at radius 3 is 1.56 bits per heavy atom. The Labute approximate surface area is 104 Å². The first-order valence-corrected chi connectivity index (χ1v) is 5.51. The molecule has 0 radical (unpaired) electrons. The molecule has 2 rings (SSSR count). The van der Waals surface area contributed by atoms with Gasteiger partial charge in [-0.05, 0) is 0 Å². The Hall–Kier alpha value is -1.98. The lowest BCUT2D eigenvalue weighted by Crippen LogP contribution is -2.17. The summed E-state index contributed by atoms with van der Waals surface area (Å²) in [5.41, 5.74) is 0.293. The molecule has 0 aromatic rings. The van der Waals surface area contributed by atoms with Gasteiger partial charge >= 0.3 is 11.9 Å². The fourth-order valence-electron chi connectivity index (χ4n) is 2.71. The lowest BCUT2D eigenvalue weighted by molar-refractivity contribution is -0.138. The number of aliphatic hydroxyl groups excluding tert-OH is 2. The normalized spacial score (nSPS) is 26.3. The maximum absolute atomic E-state index is 11.6. The van der Waals surface area contributed by atoms with Crippen molar-refractivity contribution in [3.8, 4) is 0 Å². The first-order valence-electron chi connectivity index (χ1n) is 5.51. The topological polar surface area (TPSA) is 93.1 Å². The average molecular weight is 254 g/mol. The van der Waals surface area contributed by atoms with E-state index >= 15 is 0 Å². The Balaban J connectivity index is 2.31. The van der Waals surface area contributed by atoms with Crippen molar-refractivity contribution in [3.05, 3.63) is 22.7 Å². The number of fused-ring (bicyclic) bond motifs is 1. The minimum Gasteiger partial charge on any atom is -0.512 e. The number of carbonyl (C=O) groups excluding carboxylic acids is 2. The SMILES string of the molecule is COC(=O)C1=C(O)C[C@@H]2C(C(=O)OC)=C(O)C[C@H]12. The van der Waals surface area contributed by atoms with Gasteiger partial charge in [-0.1, -0.05) is 0 Å². The van der Waals surface area contributed by atoms with E-state index in [1.165, 1.54) is 14.2 Å². The van der Waals surface area contributed by atoms with Crippen LogP contribution in [-0.2, 0) is 19.1 Å². The molecule has 2 aliphatic rings. The molecular formula is C12H14O6. The highest BCUT2D eigenvalue weighted by Crippen LogP contribution is 2.49. The molecule has 0 unspecified atom stereocenters. The van der Waals surface area contributed by atoms with Crippen molar-refractivity contribution in [2.45, 2.75) is 12.8 Å². The van der Waals surface area contributed by atoms with Crippen LogP contribution in [0.4, 0.5) is 0 Å². The first-order chi connectivity index (χ1) is 8.51. The molecule has 2 aliphatic carbocycles. The standard InChI is InChI=1S/C12H14O6/c1-17-11(15)9-5-3-8(14)10(12(16)18-2)6(5)4-7(9)13/h5-6,13-14H,3-4H2,1-2H3/t5-,6-/m0/s1. The number of esters is 2. The quantitative estimate of drug-likeness (QED) is 0.714. The van der Waals surface area contributed by atoms with Crippen LogP contribution in [0.3, 0.4) is 0 Å². The second-order valence-corrected chi connectivity index (χ2v) is 4.33. The molecule has 2 atom stereocenters. The molecule has 0 amide bonds. The lowest BCUT2D eigenvalue weighted by atomic mass is 9.90. The van der Waals surface area contributed by atoms with Gasteiger partial charge in [0.1, 0.15) is 11.5 Å². The summed E-state index contributed by atoms with van der Waals surface area (Å²) in [5, 5.41) is 19.6. The van der Waals surface area contributed by atoms with Gasteiger partial charge in [-0.15, -0.1) is 0 Å². The lowest BCUT2D eigenvalue weighted by Gasteiger charge is -2.13. The Kier molecular flexibility index (Phi) is 3.02. The van der Waals surface area contributed by atoms with Crippen LogP contribution in [0.5, 0.6) is 0 Å². The highest BCUT2D eigenvalue weighted by atomic mass is 16.5. The van der Waals surface area contributed by atoms with Crippen LogP contribution in [0.15, 0.2) is 22.7 Å². The minimum absolute atomic E-state index is 0.0780. The van der Waals surface area contributed by atoms with Crippen LogP contribution in [0.2, 0.25) is 0 Å². The van der Waals surface area contributed by atoms with E-state index < -0.39 is 23.8 Å². The van der Waals surface area contributed by atoms with E-state index in [1.807, 2.05) is 0 Å². The maximum Gasteiger partial charge on any atom is 0.337 e. The van der Waals surface area contributed by atoms with Gasteiger partial charge in [0.15, 0.2) is 0 Å². The van der Waals surface area contributed by atoms with Gasteiger partial charge in [0.25, 0.3) is 0 Å². The zero-order valence-electron chi connectivity index (χ0n) is 10.1. The number of methoxy groups -OCH3 is 2. The minimum atomic E-state index is -0.626. The third-order valence-electron chi connectivity index (χ3n) is 3.49. The van der Waals surface area contributed by atoms with Gasteiger partial charge in [-0.2, -0.15) is 0 Å². The summed E-state index contributed by atoms with van der Waals surface area (Å²) in [7, 11) is 2.44. The van der Waals surface area contributed by atoms with E-state index in [-0.39, 0.29) is 35.5 Å². The summed E-state index contributed by atoms with van der Waals surface area (Å²) in [5.74, 6) is -2.23. The Bertz CT molecular complexity index is 429. The summed E-state index contributed by atoms with van der Waals surface area (Å²) in [6.45, 7) is 0. The predicted molar refractivity (Wildman–Crippen MR) is 59.6 cm³/mol. The van der Waals surface area contributed by atoms with Crippen molar-refractivity contribution in [1.29, 1.82) is 0 Å². The van der Waals surface area contributed by atoms with Crippen LogP contribution in [0, 0.1) is 11.8 Å². The number of aliphatic hydroxyl groups is 2. The number of ether oxygens (including phenoxy) is 2. The molecule has 0 aromatic carbocycles. The van der Waals surface area contributed by atoms with Crippen molar-refractivity contribution in [3.63, 3.8) is 0 Å². The summed E-state index contributed by atoms with van der Waals surface area (Å²) in [4.78, 5) is 23.1. The smallest absolute Gasteiger partial charge is 0.337 e. The van der Waals surface area contributed by atoms with Gasteiger partial charge in [0.05, 0.1) is 25.4 Å². The van der Waals surface area contributed by atoms with Crippen LogP contribution >= 0.6 is 0 Å². The Morgan fingerprint density at radius 1 is 0.944 bits per heavy atom. The van der Waals surface area contributed by atoms with Crippen molar-refractivity contribution in [2.75, 3.05) is 14.2 Å². The van der Waals surface area contributed by atoms with Gasteiger partial charge in [-0.25, -0.2) is 9.59 Å². The monoisotopic (exact) mass is 254 g/mol. The zero-order chi connectivity index (χ0) is 13.4. The number of carbonyl (C=O) groups is 2. The third kappa shape index (κ3) is 1.64. The molecule has 0 saturated heterocycles. The van der Waals surface area contributed by atoms with E-state index in [2.05, 4.69) is 9.47 Å². The molecule has 0 spiro atoms. The van der Waals surface area contributed by atoms with E-state index in [9.17, 15) is 19.8 Å². The van der Waals surface area contributed by atoms with Gasteiger partial charge in [-0.3, -0.25) is 0 Å². The maximum atomic E-state index is 11.6. The van der Waals surface area contributed by atoms with Gasteiger partial charge in [0.2, 0.25) is 0 Å². The number of hydrogen-bond acceptors (Lipinski definition) is 6. The molecule has 2 N–H and O–H groups in total. The second-order valence-electron chi connectivity index (χ2n) is 4.33. The highest BCUT2D eigenvalue weighted by molar-refractivity contribution is 5.94. The highest BCUT2D eigenvalue weighted by Gasteiger charge is 2.48. The number of hydrogen-bond donors (Lipinski definition) is 2. The van der Waals surface area contributed by atoms with Crippen LogP contribution in [0.1, 0.15) is 12.8 Å². The molecule has 0 saturated carbocycles. The molecule has 18 heavy (non-hydrogen) atoms. The average Bonchev–Trinajstić information content (AvgIpc) is 2.80. The number of rotatable bonds is 2. The first kappa shape index (κ1) is 12.5. The number of allylic oxidation sites excluding steroid dienone is 2. The third-order valence-corrected chi connectivity index (χ3v) is 3.49.